The van der Waals surface area contributed by atoms with Gasteiger partial charge in [-0.3, -0.25) is 0 Å². The maximum absolute atomic E-state index is 5.48. The van der Waals surface area contributed by atoms with Crippen molar-refractivity contribution < 1.29 is 4.42 Å². The van der Waals surface area contributed by atoms with Crippen LogP contribution in [0.15, 0.2) is 33.8 Å². The Morgan fingerprint density at radius 3 is 3.00 bits per heavy atom. The first-order chi connectivity index (χ1) is 5.84. The molecule has 0 bridgehead atoms. The van der Waals surface area contributed by atoms with Gasteiger partial charge in [0.05, 0.1) is 6.26 Å². The fourth-order valence-corrected chi connectivity index (χ4v) is 1.73. The Hall–Kier alpha value is -0.340. The molecule has 1 heterocycles. The van der Waals surface area contributed by atoms with Crippen LogP contribution in [0.5, 0.6) is 0 Å². The van der Waals surface area contributed by atoms with E-state index < -0.39 is 0 Å². The average molecular weight is 203 g/mol. The van der Waals surface area contributed by atoms with Crippen molar-refractivity contribution in [2.45, 2.75) is 11.8 Å². The van der Waals surface area contributed by atoms with Gasteiger partial charge in [-0.1, -0.05) is 12.2 Å². The van der Waals surface area contributed by atoms with E-state index in [2.05, 4.69) is 6.08 Å². The van der Waals surface area contributed by atoms with Crippen molar-refractivity contribution >= 4 is 23.4 Å². The molecule has 0 aliphatic rings. The van der Waals surface area contributed by atoms with Gasteiger partial charge < -0.3 is 4.42 Å². The number of halogens is 1. The lowest BCUT2D eigenvalue weighted by Crippen LogP contribution is -1.73. The minimum atomic E-state index is 0.588. The van der Waals surface area contributed by atoms with E-state index in [-0.39, 0.29) is 0 Å². The Labute approximate surface area is 81.8 Å². The molecule has 1 rings (SSSR count). The summed E-state index contributed by atoms with van der Waals surface area (Å²) in [6.07, 6.45) is 5.72. The smallest absolute Gasteiger partial charge is 0.114 e. The lowest BCUT2D eigenvalue weighted by atomic mass is 10.5. The number of hydrogen-bond acceptors (Lipinski definition) is 2. The number of thioether (sulfide) groups is 1. The maximum Gasteiger partial charge on any atom is 0.114 e. The van der Waals surface area contributed by atoms with E-state index in [1.807, 2.05) is 19.1 Å². The summed E-state index contributed by atoms with van der Waals surface area (Å²) in [6.45, 7) is 1.97. The first-order valence-corrected chi connectivity index (χ1v) is 5.24. The molecule has 0 atom stereocenters. The van der Waals surface area contributed by atoms with Crippen LogP contribution in [0.4, 0.5) is 0 Å². The number of alkyl halides is 1. The third kappa shape index (κ3) is 2.95. The Morgan fingerprint density at radius 2 is 2.42 bits per heavy atom. The second-order valence-corrected chi connectivity index (χ2v) is 3.65. The standard InChI is InChI=1S/C9H11ClOS/c1-8-9(4-6-11-8)12-7-3-2-5-10/h2-4,6H,5,7H2,1H3/b3-2+. The average Bonchev–Trinajstić information content (AvgIpc) is 2.46. The van der Waals surface area contributed by atoms with Crippen LogP contribution in [-0.4, -0.2) is 11.6 Å². The van der Waals surface area contributed by atoms with Crippen LogP contribution < -0.4 is 0 Å². The van der Waals surface area contributed by atoms with Crippen LogP contribution >= 0.6 is 23.4 Å². The third-order valence-corrected chi connectivity index (χ3v) is 2.67. The highest BCUT2D eigenvalue weighted by Gasteiger charge is 1.98. The second kappa shape index (κ2) is 5.33. The van der Waals surface area contributed by atoms with Gasteiger partial charge in [0.15, 0.2) is 0 Å². The van der Waals surface area contributed by atoms with E-state index in [1.165, 1.54) is 4.90 Å². The fourth-order valence-electron chi connectivity index (χ4n) is 0.792. The van der Waals surface area contributed by atoms with E-state index >= 15 is 0 Å². The molecule has 0 amide bonds. The molecule has 3 heteroatoms. The largest absolute Gasteiger partial charge is 0.468 e. The number of rotatable bonds is 4. The molecule has 0 saturated carbocycles. The van der Waals surface area contributed by atoms with Gasteiger partial charge in [-0.15, -0.1) is 23.4 Å². The molecular weight excluding hydrogens is 192 g/mol. The van der Waals surface area contributed by atoms with Crippen molar-refractivity contribution in [3.05, 3.63) is 30.2 Å². The summed E-state index contributed by atoms with van der Waals surface area (Å²) in [5, 5.41) is 0. The molecule has 0 N–H and O–H groups in total. The Balaban J connectivity index is 2.33. The van der Waals surface area contributed by atoms with Gasteiger partial charge in [-0.2, -0.15) is 0 Å². The topological polar surface area (TPSA) is 13.1 Å². The van der Waals surface area contributed by atoms with Crippen LogP contribution in [0.1, 0.15) is 5.76 Å². The Kier molecular flexibility index (Phi) is 4.33. The van der Waals surface area contributed by atoms with Crippen molar-refractivity contribution in [2.24, 2.45) is 0 Å². The molecule has 0 aromatic carbocycles. The second-order valence-electron chi connectivity index (χ2n) is 2.28. The highest BCUT2D eigenvalue weighted by molar-refractivity contribution is 7.99. The molecule has 0 saturated heterocycles. The lowest BCUT2D eigenvalue weighted by molar-refractivity contribution is 0.527. The molecule has 0 fully saturated rings. The van der Waals surface area contributed by atoms with Gasteiger partial charge in [0.2, 0.25) is 0 Å². The van der Waals surface area contributed by atoms with E-state index in [0.29, 0.717) is 5.88 Å². The summed E-state index contributed by atoms with van der Waals surface area (Å²) in [7, 11) is 0. The summed E-state index contributed by atoms with van der Waals surface area (Å²) in [5.41, 5.74) is 0. The van der Waals surface area contributed by atoms with Gasteiger partial charge in [0.1, 0.15) is 5.76 Å². The molecule has 0 spiro atoms. The zero-order chi connectivity index (χ0) is 8.81. The molecular formula is C9H11ClOS. The molecule has 12 heavy (non-hydrogen) atoms. The molecule has 1 aromatic rings. The van der Waals surface area contributed by atoms with Gasteiger partial charge in [-0.25, -0.2) is 0 Å². The first-order valence-electron chi connectivity index (χ1n) is 3.72. The zero-order valence-electron chi connectivity index (χ0n) is 6.92. The minimum Gasteiger partial charge on any atom is -0.468 e. The number of aryl methyl sites for hydroxylation is 1. The van der Waals surface area contributed by atoms with Crippen molar-refractivity contribution in [3.8, 4) is 0 Å². The van der Waals surface area contributed by atoms with Gasteiger partial charge in [0, 0.05) is 16.5 Å². The minimum absolute atomic E-state index is 0.588. The quantitative estimate of drug-likeness (QED) is 0.421. The number of allylic oxidation sites excluding steroid dienone is 1. The van der Waals surface area contributed by atoms with Gasteiger partial charge in [-0.05, 0) is 13.0 Å². The third-order valence-electron chi connectivity index (χ3n) is 1.40. The van der Waals surface area contributed by atoms with Gasteiger partial charge >= 0.3 is 0 Å². The molecule has 0 radical (unpaired) electrons. The molecule has 0 aliphatic carbocycles. The van der Waals surface area contributed by atoms with Crippen molar-refractivity contribution in [3.63, 3.8) is 0 Å². The van der Waals surface area contributed by atoms with Crippen LogP contribution in [0.3, 0.4) is 0 Å². The molecule has 66 valence electrons. The lowest BCUT2D eigenvalue weighted by Gasteiger charge is -1.93. The Morgan fingerprint density at radius 1 is 1.58 bits per heavy atom. The fraction of sp³-hybridized carbons (Fsp3) is 0.333. The van der Waals surface area contributed by atoms with E-state index in [1.54, 1.807) is 18.0 Å². The van der Waals surface area contributed by atoms with Crippen molar-refractivity contribution in [2.75, 3.05) is 11.6 Å². The van der Waals surface area contributed by atoms with E-state index in [4.69, 9.17) is 16.0 Å². The van der Waals surface area contributed by atoms with Crippen molar-refractivity contribution in [1.29, 1.82) is 0 Å². The number of furan rings is 1. The highest BCUT2D eigenvalue weighted by Crippen LogP contribution is 2.22. The van der Waals surface area contributed by atoms with Crippen LogP contribution in [-0.2, 0) is 0 Å². The van der Waals surface area contributed by atoms with Crippen LogP contribution in [0.2, 0.25) is 0 Å². The van der Waals surface area contributed by atoms with Crippen LogP contribution in [0.25, 0.3) is 0 Å². The first kappa shape index (κ1) is 9.75. The van der Waals surface area contributed by atoms with E-state index in [9.17, 15) is 0 Å². The monoisotopic (exact) mass is 202 g/mol. The Bertz CT molecular complexity index is 255. The van der Waals surface area contributed by atoms with E-state index in [0.717, 1.165) is 11.5 Å². The highest BCUT2D eigenvalue weighted by atomic mass is 35.5. The molecule has 0 aliphatic heterocycles. The maximum atomic E-state index is 5.48. The van der Waals surface area contributed by atoms with Crippen LogP contribution in [0, 0.1) is 6.92 Å². The predicted octanol–water partition coefficient (Wildman–Crippen LogP) is 3.48. The van der Waals surface area contributed by atoms with Gasteiger partial charge in [0.25, 0.3) is 0 Å². The summed E-state index contributed by atoms with van der Waals surface area (Å²) in [6, 6.07) is 1.98. The molecule has 1 aromatic heterocycles. The summed E-state index contributed by atoms with van der Waals surface area (Å²) in [5.74, 6) is 2.53. The SMILES string of the molecule is Cc1occc1SC/C=C/CCl. The number of hydrogen-bond donors (Lipinski definition) is 0. The van der Waals surface area contributed by atoms with Crippen molar-refractivity contribution in [1.82, 2.24) is 0 Å². The predicted molar refractivity (Wildman–Crippen MR) is 54.0 cm³/mol. The zero-order valence-corrected chi connectivity index (χ0v) is 8.49. The molecule has 1 nitrogen and oxygen atoms in total. The summed E-state index contributed by atoms with van der Waals surface area (Å²) in [4.78, 5) is 1.20. The normalized spacial score (nSPS) is 11.2. The summed E-state index contributed by atoms with van der Waals surface area (Å²) >= 11 is 7.23. The summed E-state index contributed by atoms with van der Waals surface area (Å²) < 4.78 is 5.15. The molecule has 0 unspecified atom stereocenters.